The molecule has 0 heterocycles. The molecule has 0 amide bonds. The number of hydrogen-bond donors (Lipinski definition) is 1. The summed E-state index contributed by atoms with van der Waals surface area (Å²) < 4.78 is 0. The number of carbonyl (C=O) groups is 1. The predicted molar refractivity (Wildman–Crippen MR) is 50.1 cm³/mol. The topological polar surface area (TPSA) is 37.3 Å². The van der Waals surface area contributed by atoms with Crippen LogP contribution < -0.4 is 0 Å². The molecule has 0 bridgehead atoms. The first-order valence-corrected chi connectivity index (χ1v) is 4.25. The Bertz CT molecular complexity index is 185. The highest BCUT2D eigenvalue weighted by Gasteiger charge is 2.13. The minimum Gasteiger partial charge on any atom is -0.478 e. The number of rotatable bonds is 3. The molecule has 0 fully saturated rings. The van der Waals surface area contributed by atoms with Crippen molar-refractivity contribution in [1.82, 2.24) is 0 Å². The Morgan fingerprint density at radius 2 is 1.92 bits per heavy atom. The van der Waals surface area contributed by atoms with E-state index in [4.69, 9.17) is 5.11 Å². The first-order valence-electron chi connectivity index (χ1n) is 4.25. The summed E-state index contributed by atoms with van der Waals surface area (Å²) in [5, 5.41) is 8.70. The average Bonchev–Trinajstić information content (AvgIpc) is 1.85. The van der Waals surface area contributed by atoms with Gasteiger partial charge in [-0.15, -0.1) is 0 Å². The van der Waals surface area contributed by atoms with Gasteiger partial charge in [-0.3, -0.25) is 0 Å². The fraction of sp³-hybridized carbons (Fsp3) is 0.700. The maximum atomic E-state index is 10.6. The van der Waals surface area contributed by atoms with Gasteiger partial charge < -0.3 is 5.11 Å². The Morgan fingerprint density at radius 1 is 1.42 bits per heavy atom. The molecule has 0 spiro atoms. The second-order valence-electron chi connectivity index (χ2n) is 4.18. The van der Waals surface area contributed by atoms with E-state index in [1.54, 1.807) is 13.0 Å². The Labute approximate surface area is 74.3 Å². The van der Waals surface area contributed by atoms with Crippen LogP contribution in [-0.4, -0.2) is 11.1 Å². The predicted octanol–water partition coefficient (Wildman–Crippen LogP) is 2.84. The van der Waals surface area contributed by atoms with Crippen LogP contribution in [0, 0.1) is 5.41 Å². The van der Waals surface area contributed by atoms with Gasteiger partial charge in [-0.05, 0) is 25.2 Å². The van der Waals surface area contributed by atoms with Crippen molar-refractivity contribution in [3.63, 3.8) is 0 Å². The third-order valence-electron chi connectivity index (χ3n) is 1.77. The monoisotopic (exact) mass is 170 g/mol. The van der Waals surface area contributed by atoms with Crippen molar-refractivity contribution in [2.24, 2.45) is 5.41 Å². The van der Waals surface area contributed by atoms with E-state index in [9.17, 15) is 4.79 Å². The molecule has 0 aromatic heterocycles. The van der Waals surface area contributed by atoms with E-state index in [0.717, 1.165) is 6.42 Å². The fourth-order valence-corrected chi connectivity index (χ4v) is 0.884. The minimum absolute atomic E-state index is 0.212. The molecule has 0 unspecified atom stereocenters. The molecule has 0 aliphatic carbocycles. The van der Waals surface area contributed by atoms with Gasteiger partial charge in [-0.2, -0.15) is 0 Å². The summed E-state index contributed by atoms with van der Waals surface area (Å²) in [6, 6.07) is 0. The Balaban J connectivity index is 4.00. The van der Waals surface area contributed by atoms with Crippen molar-refractivity contribution >= 4 is 5.97 Å². The number of carboxylic acid groups (broad SMARTS) is 1. The molecule has 0 aromatic rings. The van der Waals surface area contributed by atoms with Gasteiger partial charge in [0.1, 0.15) is 0 Å². The molecule has 70 valence electrons. The molecule has 2 heteroatoms. The van der Waals surface area contributed by atoms with Crippen molar-refractivity contribution in [2.75, 3.05) is 0 Å². The maximum Gasteiger partial charge on any atom is 0.331 e. The van der Waals surface area contributed by atoms with E-state index in [1.807, 2.05) is 0 Å². The SMILES string of the molecule is CC=C(CCC(C)(C)C)C(=O)O. The van der Waals surface area contributed by atoms with Crippen molar-refractivity contribution in [3.8, 4) is 0 Å². The van der Waals surface area contributed by atoms with Crippen LogP contribution in [0.4, 0.5) is 0 Å². The number of aliphatic carboxylic acids is 1. The molecule has 0 rings (SSSR count). The van der Waals surface area contributed by atoms with Gasteiger partial charge in [0.2, 0.25) is 0 Å². The molecule has 0 aromatic carbocycles. The summed E-state index contributed by atoms with van der Waals surface area (Å²) in [5.74, 6) is -0.790. The summed E-state index contributed by atoms with van der Waals surface area (Å²) >= 11 is 0. The first-order chi connectivity index (χ1) is 5.37. The van der Waals surface area contributed by atoms with Crippen molar-refractivity contribution in [2.45, 2.75) is 40.5 Å². The molecule has 0 saturated carbocycles. The summed E-state index contributed by atoms with van der Waals surface area (Å²) in [4.78, 5) is 10.6. The quantitative estimate of drug-likeness (QED) is 0.661. The zero-order valence-corrected chi connectivity index (χ0v) is 8.35. The van der Waals surface area contributed by atoms with E-state index in [-0.39, 0.29) is 5.41 Å². The summed E-state index contributed by atoms with van der Waals surface area (Å²) in [6.07, 6.45) is 3.25. The van der Waals surface area contributed by atoms with Crippen molar-refractivity contribution < 1.29 is 9.90 Å². The molecular formula is C10H18O2. The second kappa shape index (κ2) is 4.29. The van der Waals surface area contributed by atoms with Crippen LogP contribution in [0.15, 0.2) is 11.6 Å². The van der Waals surface area contributed by atoms with Gasteiger partial charge in [0.15, 0.2) is 0 Å². The summed E-state index contributed by atoms with van der Waals surface area (Å²) in [7, 11) is 0. The van der Waals surface area contributed by atoms with Crippen LogP contribution in [0.3, 0.4) is 0 Å². The average molecular weight is 170 g/mol. The minimum atomic E-state index is -0.790. The number of allylic oxidation sites excluding steroid dienone is 1. The Morgan fingerprint density at radius 3 is 2.17 bits per heavy atom. The largest absolute Gasteiger partial charge is 0.478 e. The zero-order chi connectivity index (χ0) is 9.78. The van der Waals surface area contributed by atoms with E-state index < -0.39 is 5.97 Å². The van der Waals surface area contributed by atoms with Gasteiger partial charge in [0, 0.05) is 5.57 Å². The highest BCUT2D eigenvalue weighted by Crippen LogP contribution is 2.23. The third-order valence-corrected chi connectivity index (χ3v) is 1.77. The first kappa shape index (κ1) is 11.2. The smallest absolute Gasteiger partial charge is 0.331 e. The summed E-state index contributed by atoms with van der Waals surface area (Å²) in [6.45, 7) is 8.11. The highest BCUT2D eigenvalue weighted by atomic mass is 16.4. The van der Waals surface area contributed by atoms with E-state index in [1.165, 1.54) is 0 Å². The highest BCUT2D eigenvalue weighted by molar-refractivity contribution is 5.86. The number of hydrogen-bond acceptors (Lipinski definition) is 1. The van der Waals surface area contributed by atoms with E-state index in [0.29, 0.717) is 12.0 Å². The van der Waals surface area contributed by atoms with Crippen LogP contribution in [0.5, 0.6) is 0 Å². The lowest BCUT2D eigenvalue weighted by molar-refractivity contribution is -0.132. The van der Waals surface area contributed by atoms with Crippen LogP contribution in [-0.2, 0) is 4.79 Å². The number of carboxylic acids is 1. The van der Waals surface area contributed by atoms with Crippen LogP contribution in [0.25, 0.3) is 0 Å². The fourth-order valence-electron chi connectivity index (χ4n) is 0.884. The normalized spacial score (nSPS) is 13.2. The molecule has 0 aliphatic heterocycles. The van der Waals surface area contributed by atoms with E-state index >= 15 is 0 Å². The van der Waals surface area contributed by atoms with Crippen LogP contribution >= 0.6 is 0 Å². The van der Waals surface area contributed by atoms with E-state index in [2.05, 4.69) is 20.8 Å². The lowest BCUT2D eigenvalue weighted by Gasteiger charge is -2.17. The maximum absolute atomic E-state index is 10.6. The van der Waals surface area contributed by atoms with Crippen LogP contribution in [0.2, 0.25) is 0 Å². The van der Waals surface area contributed by atoms with Gasteiger partial charge in [-0.1, -0.05) is 26.8 Å². The van der Waals surface area contributed by atoms with Crippen LogP contribution in [0.1, 0.15) is 40.5 Å². The molecule has 12 heavy (non-hydrogen) atoms. The van der Waals surface area contributed by atoms with Gasteiger partial charge >= 0.3 is 5.97 Å². The molecule has 0 saturated heterocycles. The van der Waals surface area contributed by atoms with Crippen molar-refractivity contribution in [1.29, 1.82) is 0 Å². The molecule has 0 aliphatic rings. The zero-order valence-electron chi connectivity index (χ0n) is 8.35. The lowest BCUT2D eigenvalue weighted by atomic mass is 9.88. The second-order valence-corrected chi connectivity index (χ2v) is 4.18. The Kier molecular flexibility index (Phi) is 4.01. The lowest BCUT2D eigenvalue weighted by Crippen LogP contribution is -2.08. The molecule has 0 atom stereocenters. The van der Waals surface area contributed by atoms with Gasteiger partial charge in [0.25, 0.3) is 0 Å². The van der Waals surface area contributed by atoms with Crippen molar-refractivity contribution in [3.05, 3.63) is 11.6 Å². The Hall–Kier alpha value is -0.790. The summed E-state index contributed by atoms with van der Waals surface area (Å²) in [5.41, 5.74) is 0.730. The molecule has 2 nitrogen and oxygen atoms in total. The molecule has 1 N–H and O–H groups in total. The van der Waals surface area contributed by atoms with Gasteiger partial charge in [-0.25, -0.2) is 4.79 Å². The molecular weight excluding hydrogens is 152 g/mol. The third kappa shape index (κ3) is 4.94. The van der Waals surface area contributed by atoms with Gasteiger partial charge in [0.05, 0.1) is 0 Å². The molecule has 0 radical (unpaired) electrons. The standard InChI is InChI=1S/C10H18O2/c1-5-8(9(11)12)6-7-10(2,3)4/h5H,6-7H2,1-4H3,(H,11,12).